The number of nitrogens with one attached hydrogen (secondary N) is 1. The number of carbonyl (C=O) groups excluding carboxylic acids is 1. The third-order valence-corrected chi connectivity index (χ3v) is 8.99. The highest BCUT2D eigenvalue weighted by Gasteiger charge is 2.42. The van der Waals surface area contributed by atoms with E-state index in [1.807, 2.05) is 0 Å². The molecule has 1 atom stereocenters. The van der Waals surface area contributed by atoms with Gasteiger partial charge in [0.2, 0.25) is 5.91 Å². The molecule has 0 unspecified atom stereocenters. The number of alkyl halides is 3. The molecule has 0 bridgehead atoms. The molecule has 4 aromatic rings. The van der Waals surface area contributed by atoms with E-state index in [1.165, 1.54) is 12.1 Å². The monoisotopic (exact) mass is 642 g/mol. The molecule has 1 amide bonds. The van der Waals surface area contributed by atoms with Gasteiger partial charge in [0.15, 0.2) is 0 Å². The maximum Gasteiger partial charge on any atom is 0.416 e. The highest BCUT2D eigenvalue weighted by atomic mass is 32.2. The van der Waals surface area contributed by atoms with Gasteiger partial charge in [0.05, 0.1) is 29.1 Å². The van der Waals surface area contributed by atoms with Crippen molar-refractivity contribution in [2.45, 2.75) is 30.0 Å². The minimum atomic E-state index is -4.64. The molecule has 13 heteroatoms. The number of halogens is 4. The maximum atomic E-state index is 15.3. The molecule has 8 nitrogen and oxygen atoms in total. The first kappa shape index (κ1) is 31.5. The number of hydrogen-bond acceptors (Lipinski definition) is 5. The second-order valence-electron chi connectivity index (χ2n) is 10.2. The normalized spacial score (nSPS) is 14.6. The standard InChI is InChI=1S/C32H26F4N2O6S/c33-27-19-25(12-13-26(27)21-5-3-6-23(17-21)32(34,35)36)45(42,43)38-28-7-2-1-4-22(28)18-29(38)31(41)37-14-15-44-24-10-8-20(9-11-24)16-30(39)40/h1-13,17,19,29H,14-16,18H2,(H,37,41)(H,39,40)/t29-/m0/s1. The number of amides is 1. The Bertz CT molecular complexity index is 1850. The second kappa shape index (κ2) is 12.6. The number of carboxylic acids is 1. The summed E-state index contributed by atoms with van der Waals surface area (Å²) in [6.07, 6.45) is -4.72. The number of rotatable bonds is 10. The van der Waals surface area contributed by atoms with Gasteiger partial charge in [-0.05, 0) is 59.2 Å². The van der Waals surface area contributed by atoms with Crippen LogP contribution in [0.5, 0.6) is 5.75 Å². The molecule has 1 aliphatic heterocycles. The molecule has 0 aliphatic carbocycles. The summed E-state index contributed by atoms with van der Waals surface area (Å²) in [7, 11) is -4.51. The number of benzene rings is 4. The Morgan fingerprint density at radius 2 is 1.69 bits per heavy atom. The Kier molecular flexibility index (Phi) is 8.82. The van der Waals surface area contributed by atoms with Crippen LogP contribution < -0.4 is 14.4 Å². The smallest absolute Gasteiger partial charge is 0.416 e. The Hall–Kier alpha value is -4.91. The van der Waals surface area contributed by atoms with Crippen molar-refractivity contribution in [1.82, 2.24) is 5.32 Å². The number of aliphatic carboxylic acids is 1. The topological polar surface area (TPSA) is 113 Å². The quantitative estimate of drug-likeness (QED) is 0.176. The molecule has 45 heavy (non-hydrogen) atoms. The van der Waals surface area contributed by atoms with Gasteiger partial charge in [0.1, 0.15) is 24.2 Å². The number of nitrogens with zero attached hydrogens (tertiary/aromatic N) is 1. The fraction of sp³-hybridized carbons (Fsp3) is 0.188. The van der Waals surface area contributed by atoms with Crippen LogP contribution in [0.25, 0.3) is 11.1 Å². The predicted molar refractivity (Wildman–Crippen MR) is 157 cm³/mol. The lowest BCUT2D eigenvalue weighted by Crippen LogP contribution is -2.48. The van der Waals surface area contributed by atoms with E-state index in [4.69, 9.17) is 9.84 Å². The number of carboxylic acid groups (broad SMARTS) is 1. The van der Waals surface area contributed by atoms with Crippen molar-refractivity contribution in [3.05, 3.63) is 114 Å². The molecule has 0 saturated carbocycles. The fourth-order valence-electron chi connectivity index (χ4n) is 5.06. The summed E-state index contributed by atoms with van der Waals surface area (Å²) in [6, 6.07) is 18.7. The van der Waals surface area contributed by atoms with Crippen LogP contribution in [0.3, 0.4) is 0 Å². The van der Waals surface area contributed by atoms with Crippen molar-refractivity contribution in [2.75, 3.05) is 17.5 Å². The van der Waals surface area contributed by atoms with Crippen molar-refractivity contribution in [2.24, 2.45) is 0 Å². The van der Waals surface area contributed by atoms with E-state index < -0.39 is 50.4 Å². The zero-order valence-corrected chi connectivity index (χ0v) is 24.2. The van der Waals surface area contributed by atoms with Gasteiger partial charge in [-0.3, -0.25) is 13.9 Å². The number of fused-ring (bicyclic) bond motifs is 1. The first-order chi connectivity index (χ1) is 21.3. The molecule has 0 radical (unpaired) electrons. The third-order valence-electron chi connectivity index (χ3n) is 7.18. The Morgan fingerprint density at radius 3 is 2.38 bits per heavy atom. The van der Waals surface area contributed by atoms with E-state index in [0.717, 1.165) is 40.7 Å². The zero-order chi connectivity index (χ0) is 32.4. The molecular formula is C32H26F4N2O6S. The van der Waals surface area contributed by atoms with Crippen LogP contribution in [0.15, 0.2) is 95.9 Å². The Morgan fingerprint density at radius 1 is 0.956 bits per heavy atom. The van der Waals surface area contributed by atoms with E-state index in [9.17, 15) is 31.2 Å². The minimum absolute atomic E-state index is 0.0246. The number of hydrogen-bond donors (Lipinski definition) is 2. The predicted octanol–water partition coefficient (Wildman–Crippen LogP) is 5.45. The van der Waals surface area contributed by atoms with E-state index in [-0.39, 0.29) is 42.8 Å². The van der Waals surface area contributed by atoms with Crippen LogP contribution in [-0.2, 0) is 38.6 Å². The highest BCUT2D eigenvalue weighted by molar-refractivity contribution is 7.93. The van der Waals surface area contributed by atoms with E-state index in [0.29, 0.717) is 16.9 Å². The van der Waals surface area contributed by atoms with Crippen molar-refractivity contribution in [3.8, 4) is 16.9 Å². The van der Waals surface area contributed by atoms with Crippen LogP contribution in [0.1, 0.15) is 16.7 Å². The van der Waals surface area contributed by atoms with Gasteiger partial charge < -0.3 is 15.2 Å². The Balaban J connectivity index is 1.33. The molecule has 4 aromatic carbocycles. The summed E-state index contributed by atoms with van der Waals surface area (Å²) < 4.78 is 89.1. The van der Waals surface area contributed by atoms with Gasteiger partial charge in [-0.2, -0.15) is 13.2 Å². The number of para-hydroxylation sites is 1. The summed E-state index contributed by atoms with van der Waals surface area (Å²) in [5.41, 5.74) is 0.159. The van der Waals surface area contributed by atoms with Crippen molar-refractivity contribution in [1.29, 1.82) is 0 Å². The van der Waals surface area contributed by atoms with Crippen LogP contribution in [0.2, 0.25) is 0 Å². The van der Waals surface area contributed by atoms with Crippen LogP contribution >= 0.6 is 0 Å². The molecule has 0 fully saturated rings. The SMILES string of the molecule is O=C(O)Cc1ccc(OCCNC(=O)[C@@H]2Cc3ccccc3N2S(=O)(=O)c2ccc(-c3cccc(C(F)(F)F)c3)c(F)c2)cc1. The fourth-order valence-corrected chi connectivity index (χ4v) is 6.72. The van der Waals surface area contributed by atoms with Gasteiger partial charge in [0, 0.05) is 12.0 Å². The molecule has 2 N–H and O–H groups in total. The van der Waals surface area contributed by atoms with E-state index in [2.05, 4.69) is 5.32 Å². The van der Waals surface area contributed by atoms with E-state index in [1.54, 1.807) is 42.5 Å². The highest BCUT2D eigenvalue weighted by Crippen LogP contribution is 2.38. The average Bonchev–Trinajstić information content (AvgIpc) is 3.40. The summed E-state index contributed by atoms with van der Waals surface area (Å²) in [4.78, 5) is 23.6. The van der Waals surface area contributed by atoms with Crippen molar-refractivity contribution in [3.63, 3.8) is 0 Å². The molecule has 1 aliphatic rings. The largest absolute Gasteiger partial charge is 0.492 e. The number of sulfonamides is 1. The van der Waals surface area contributed by atoms with E-state index >= 15 is 4.39 Å². The first-order valence-electron chi connectivity index (χ1n) is 13.7. The summed E-state index contributed by atoms with van der Waals surface area (Å²) in [5, 5.41) is 11.5. The molecule has 0 saturated heterocycles. The summed E-state index contributed by atoms with van der Waals surface area (Å²) in [5.74, 6) is -2.17. The minimum Gasteiger partial charge on any atom is -0.492 e. The van der Waals surface area contributed by atoms with Crippen molar-refractivity contribution >= 4 is 27.6 Å². The van der Waals surface area contributed by atoms with Gasteiger partial charge in [-0.1, -0.05) is 48.5 Å². The van der Waals surface area contributed by atoms with Crippen LogP contribution in [0, 0.1) is 5.82 Å². The van der Waals surface area contributed by atoms with Crippen molar-refractivity contribution < 1.29 is 45.4 Å². The number of carbonyl (C=O) groups is 2. The van der Waals surface area contributed by atoms with Gasteiger partial charge >= 0.3 is 12.1 Å². The maximum absolute atomic E-state index is 15.3. The van der Waals surface area contributed by atoms with Crippen LogP contribution in [-0.4, -0.2) is 44.6 Å². The lowest BCUT2D eigenvalue weighted by atomic mass is 10.0. The first-order valence-corrected chi connectivity index (χ1v) is 15.1. The molecule has 0 spiro atoms. The molecule has 0 aromatic heterocycles. The summed E-state index contributed by atoms with van der Waals surface area (Å²) >= 11 is 0. The molecule has 234 valence electrons. The van der Waals surface area contributed by atoms with Gasteiger partial charge in [0.25, 0.3) is 10.0 Å². The van der Waals surface area contributed by atoms with Gasteiger partial charge in [-0.25, -0.2) is 12.8 Å². The lowest BCUT2D eigenvalue weighted by molar-refractivity contribution is -0.138. The molecule has 1 heterocycles. The lowest BCUT2D eigenvalue weighted by Gasteiger charge is -2.26. The zero-order valence-electron chi connectivity index (χ0n) is 23.4. The summed E-state index contributed by atoms with van der Waals surface area (Å²) in [6.45, 7) is 0.0649. The number of ether oxygens (including phenoxy) is 1. The number of anilines is 1. The second-order valence-corrected chi connectivity index (χ2v) is 12.0. The molecule has 5 rings (SSSR count). The molecular weight excluding hydrogens is 616 g/mol. The average molecular weight is 643 g/mol. The van der Waals surface area contributed by atoms with Gasteiger partial charge in [-0.15, -0.1) is 0 Å². The Labute approximate surface area is 255 Å². The van der Waals surface area contributed by atoms with Crippen LogP contribution in [0.4, 0.5) is 23.2 Å². The third kappa shape index (κ3) is 6.93.